The summed E-state index contributed by atoms with van der Waals surface area (Å²) in [5.74, 6) is 0. The fourth-order valence-corrected chi connectivity index (χ4v) is 2.15. The van der Waals surface area contributed by atoms with Gasteiger partial charge in [0, 0.05) is 6.04 Å². The van der Waals surface area contributed by atoms with E-state index in [-0.39, 0.29) is 24.8 Å². The van der Waals surface area contributed by atoms with E-state index >= 15 is 0 Å². The molecular formula is C12H23NO3. The molecule has 1 heterocycles. The van der Waals surface area contributed by atoms with E-state index in [1.165, 1.54) is 0 Å². The first-order valence-electron chi connectivity index (χ1n) is 6.01. The van der Waals surface area contributed by atoms with E-state index in [0.717, 1.165) is 19.3 Å². The van der Waals surface area contributed by atoms with Crippen LogP contribution < -0.4 is 0 Å². The lowest BCUT2D eigenvalue weighted by molar-refractivity contribution is 0.00864. The Labute approximate surface area is 97.6 Å². The third kappa shape index (κ3) is 3.11. The van der Waals surface area contributed by atoms with Crippen molar-refractivity contribution in [3.8, 4) is 0 Å². The van der Waals surface area contributed by atoms with Crippen molar-refractivity contribution in [2.24, 2.45) is 0 Å². The zero-order valence-corrected chi connectivity index (χ0v) is 10.7. The second-order valence-electron chi connectivity index (χ2n) is 5.36. The number of hydrogen-bond donors (Lipinski definition) is 1. The van der Waals surface area contributed by atoms with Crippen LogP contribution in [0.1, 0.15) is 47.0 Å². The van der Waals surface area contributed by atoms with Crippen LogP contribution in [-0.2, 0) is 4.74 Å². The molecule has 0 spiro atoms. The van der Waals surface area contributed by atoms with E-state index < -0.39 is 5.60 Å². The highest BCUT2D eigenvalue weighted by Crippen LogP contribution is 2.27. The molecule has 1 aliphatic rings. The molecule has 4 nitrogen and oxygen atoms in total. The van der Waals surface area contributed by atoms with Gasteiger partial charge in [0.15, 0.2) is 0 Å². The van der Waals surface area contributed by atoms with Gasteiger partial charge in [0.2, 0.25) is 0 Å². The van der Waals surface area contributed by atoms with Crippen LogP contribution in [-0.4, -0.2) is 40.4 Å². The first-order chi connectivity index (χ1) is 7.39. The van der Waals surface area contributed by atoms with Gasteiger partial charge in [-0.2, -0.15) is 0 Å². The van der Waals surface area contributed by atoms with E-state index in [1.807, 2.05) is 20.8 Å². The predicted molar refractivity (Wildman–Crippen MR) is 62.3 cm³/mol. The predicted octanol–water partition coefficient (Wildman–Crippen LogP) is 2.16. The van der Waals surface area contributed by atoms with E-state index in [4.69, 9.17) is 4.74 Å². The Morgan fingerprint density at radius 3 is 2.38 bits per heavy atom. The van der Waals surface area contributed by atoms with Crippen molar-refractivity contribution in [2.45, 2.75) is 64.6 Å². The van der Waals surface area contributed by atoms with Crippen molar-refractivity contribution < 1.29 is 14.6 Å². The van der Waals surface area contributed by atoms with Crippen LogP contribution in [0.25, 0.3) is 0 Å². The summed E-state index contributed by atoms with van der Waals surface area (Å²) in [7, 11) is 0. The van der Waals surface area contributed by atoms with Gasteiger partial charge in [-0.05, 0) is 40.0 Å². The minimum atomic E-state index is -0.474. The second kappa shape index (κ2) is 5.04. The zero-order chi connectivity index (χ0) is 12.3. The van der Waals surface area contributed by atoms with Crippen LogP contribution in [0.3, 0.4) is 0 Å². The van der Waals surface area contributed by atoms with Crippen molar-refractivity contribution in [3.05, 3.63) is 0 Å². The van der Waals surface area contributed by atoms with Gasteiger partial charge in [0.25, 0.3) is 0 Å². The van der Waals surface area contributed by atoms with Gasteiger partial charge in [-0.1, -0.05) is 6.92 Å². The van der Waals surface area contributed by atoms with Crippen LogP contribution in [0, 0.1) is 0 Å². The molecule has 0 unspecified atom stereocenters. The number of amides is 1. The normalized spacial score (nSPS) is 25.9. The molecule has 94 valence electrons. The zero-order valence-electron chi connectivity index (χ0n) is 10.7. The van der Waals surface area contributed by atoms with Crippen molar-refractivity contribution in [2.75, 3.05) is 6.61 Å². The molecule has 1 saturated heterocycles. The van der Waals surface area contributed by atoms with Gasteiger partial charge in [-0.3, -0.25) is 4.90 Å². The first kappa shape index (κ1) is 13.3. The molecule has 1 fully saturated rings. The fraction of sp³-hybridized carbons (Fsp3) is 0.917. The van der Waals surface area contributed by atoms with Crippen LogP contribution in [0.4, 0.5) is 4.79 Å². The molecule has 2 atom stereocenters. The summed E-state index contributed by atoms with van der Waals surface area (Å²) in [5, 5.41) is 9.25. The summed E-state index contributed by atoms with van der Waals surface area (Å²) in [5.41, 5.74) is -0.474. The number of likely N-dealkylation sites (tertiary alicyclic amines) is 1. The van der Waals surface area contributed by atoms with Gasteiger partial charge >= 0.3 is 6.09 Å². The SMILES string of the molecule is CC[C@H]1CC[C@@H](CO)N1C(=O)OC(C)(C)C. The van der Waals surface area contributed by atoms with Crippen molar-refractivity contribution in [3.63, 3.8) is 0 Å². The average molecular weight is 229 g/mol. The molecule has 0 aromatic heterocycles. The molecule has 1 N–H and O–H groups in total. The Hall–Kier alpha value is -0.770. The number of carbonyl (C=O) groups excluding carboxylic acids is 1. The van der Waals surface area contributed by atoms with E-state index in [0.29, 0.717) is 0 Å². The summed E-state index contributed by atoms with van der Waals surface area (Å²) in [4.78, 5) is 13.7. The Morgan fingerprint density at radius 2 is 1.94 bits per heavy atom. The molecule has 1 amide bonds. The molecule has 0 radical (unpaired) electrons. The molecule has 0 bridgehead atoms. The molecule has 16 heavy (non-hydrogen) atoms. The third-order valence-electron chi connectivity index (χ3n) is 2.91. The smallest absolute Gasteiger partial charge is 0.410 e. The van der Waals surface area contributed by atoms with Gasteiger partial charge in [-0.15, -0.1) is 0 Å². The summed E-state index contributed by atoms with van der Waals surface area (Å²) in [6, 6.07) is 0.145. The van der Waals surface area contributed by atoms with Crippen LogP contribution >= 0.6 is 0 Å². The summed E-state index contributed by atoms with van der Waals surface area (Å²) in [6.45, 7) is 7.65. The number of aliphatic hydroxyl groups is 1. The first-order valence-corrected chi connectivity index (χ1v) is 6.01. The van der Waals surface area contributed by atoms with Gasteiger partial charge in [0.1, 0.15) is 5.60 Å². The maximum absolute atomic E-state index is 12.0. The Bertz CT molecular complexity index is 235. The molecule has 0 saturated carbocycles. The largest absolute Gasteiger partial charge is 0.444 e. The van der Waals surface area contributed by atoms with Gasteiger partial charge in [-0.25, -0.2) is 4.79 Å². The maximum Gasteiger partial charge on any atom is 0.410 e. The van der Waals surface area contributed by atoms with E-state index in [1.54, 1.807) is 4.90 Å². The molecule has 0 aromatic carbocycles. The Morgan fingerprint density at radius 1 is 1.38 bits per heavy atom. The van der Waals surface area contributed by atoms with E-state index in [9.17, 15) is 9.90 Å². The van der Waals surface area contributed by atoms with Crippen molar-refractivity contribution in [1.82, 2.24) is 4.90 Å². The maximum atomic E-state index is 12.0. The summed E-state index contributed by atoms with van der Waals surface area (Å²) >= 11 is 0. The lowest BCUT2D eigenvalue weighted by atomic mass is 10.1. The van der Waals surface area contributed by atoms with Crippen molar-refractivity contribution >= 4 is 6.09 Å². The topological polar surface area (TPSA) is 49.8 Å². The lowest BCUT2D eigenvalue weighted by Gasteiger charge is -2.31. The Kier molecular flexibility index (Phi) is 4.19. The molecule has 0 aliphatic carbocycles. The number of nitrogens with zero attached hydrogens (tertiary/aromatic N) is 1. The molecule has 1 aliphatic heterocycles. The molecule has 4 heteroatoms. The third-order valence-corrected chi connectivity index (χ3v) is 2.91. The monoisotopic (exact) mass is 229 g/mol. The Balaban J connectivity index is 2.70. The standard InChI is InChI=1S/C12H23NO3/c1-5-9-6-7-10(8-14)13(9)11(15)16-12(2,3)4/h9-10,14H,5-8H2,1-4H3/t9-,10-/m0/s1. The minimum Gasteiger partial charge on any atom is -0.444 e. The summed E-state index contributed by atoms with van der Waals surface area (Å²) in [6.07, 6.45) is 2.45. The van der Waals surface area contributed by atoms with Gasteiger partial charge < -0.3 is 9.84 Å². The van der Waals surface area contributed by atoms with E-state index in [2.05, 4.69) is 6.92 Å². The number of rotatable bonds is 2. The van der Waals surface area contributed by atoms with Crippen LogP contribution in [0.15, 0.2) is 0 Å². The van der Waals surface area contributed by atoms with Gasteiger partial charge in [0.05, 0.1) is 12.6 Å². The number of aliphatic hydroxyl groups excluding tert-OH is 1. The minimum absolute atomic E-state index is 0.0236. The highest BCUT2D eigenvalue weighted by molar-refractivity contribution is 5.69. The fourth-order valence-electron chi connectivity index (χ4n) is 2.15. The van der Waals surface area contributed by atoms with Crippen LogP contribution in [0.5, 0.6) is 0 Å². The molecule has 0 aromatic rings. The number of ether oxygens (including phenoxy) is 1. The number of hydrogen-bond acceptors (Lipinski definition) is 3. The summed E-state index contributed by atoms with van der Waals surface area (Å²) < 4.78 is 5.36. The average Bonchev–Trinajstić information content (AvgIpc) is 2.57. The molecular weight excluding hydrogens is 206 g/mol. The highest BCUT2D eigenvalue weighted by Gasteiger charge is 2.37. The quantitative estimate of drug-likeness (QED) is 0.789. The second-order valence-corrected chi connectivity index (χ2v) is 5.36. The molecule has 1 rings (SSSR count). The lowest BCUT2D eigenvalue weighted by Crippen LogP contribution is -2.45. The highest BCUT2D eigenvalue weighted by atomic mass is 16.6. The number of carbonyl (C=O) groups is 1. The van der Waals surface area contributed by atoms with Crippen molar-refractivity contribution in [1.29, 1.82) is 0 Å². The van der Waals surface area contributed by atoms with Crippen LogP contribution in [0.2, 0.25) is 0 Å².